The van der Waals surface area contributed by atoms with Gasteiger partial charge in [0, 0.05) is 19.3 Å². The fraction of sp³-hybridized carbons (Fsp3) is 0.638. The van der Waals surface area contributed by atoms with Gasteiger partial charge in [0.1, 0.15) is 6.61 Å². The lowest BCUT2D eigenvalue weighted by molar-refractivity contribution is -0.887. The van der Waals surface area contributed by atoms with Crippen molar-refractivity contribution in [2.75, 3.05) is 41.0 Å². The zero-order valence-electron chi connectivity index (χ0n) is 35.3. The number of rotatable bonds is 36. The van der Waals surface area contributed by atoms with E-state index in [4.69, 9.17) is 14.2 Å². The Bertz CT molecular complexity index is 1170. The fourth-order valence-electron chi connectivity index (χ4n) is 5.61. The molecule has 0 saturated carbocycles. The zero-order valence-corrected chi connectivity index (χ0v) is 35.3. The largest absolute Gasteiger partial charge is 0.477 e. The van der Waals surface area contributed by atoms with Crippen molar-refractivity contribution in [1.29, 1.82) is 0 Å². The maximum Gasteiger partial charge on any atom is 0.362 e. The Hall–Kier alpha value is -3.49. The molecule has 0 fully saturated rings. The molecule has 0 bridgehead atoms. The van der Waals surface area contributed by atoms with E-state index < -0.39 is 18.1 Å². The molecule has 8 nitrogen and oxygen atoms in total. The topological polar surface area (TPSA) is 99.1 Å². The predicted molar refractivity (Wildman–Crippen MR) is 229 cm³/mol. The second kappa shape index (κ2) is 37.4. The van der Waals surface area contributed by atoms with Crippen LogP contribution in [0, 0.1) is 0 Å². The van der Waals surface area contributed by atoms with Crippen molar-refractivity contribution in [1.82, 2.24) is 0 Å². The number of hydrogen-bond acceptors (Lipinski definition) is 6. The molecule has 0 saturated heterocycles. The highest BCUT2D eigenvalue weighted by Gasteiger charge is 2.31. The molecular formula is C47H78NO7+. The lowest BCUT2D eigenvalue weighted by atomic mass is 10.1. The van der Waals surface area contributed by atoms with E-state index in [1.165, 1.54) is 19.3 Å². The molecule has 0 aliphatic rings. The van der Waals surface area contributed by atoms with Gasteiger partial charge in [-0.3, -0.25) is 9.59 Å². The van der Waals surface area contributed by atoms with E-state index in [2.05, 4.69) is 98.9 Å². The van der Waals surface area contributed by atoms with Crippen LogP contribution in [0.5, 0.6) is 0 Å². The lowest BCUT2D eigenvalue weighted by Gasteiger charge is -2.31. The van der Waals surface area contributed by atoms with Crippen LogP contribution in [0.4, 0.5) is 0 Å². The van der Waals surface area contributed by atoms with E-state index in [9.17, 15) is 19.5 Å². The second-order valence-corrected chi connectivity index (χ2v) is 14.9. The summed E-state index contributed by atoms with van der Waals surface area (Å²) in [7, 11) is 5.50. The van der Waals surface area contributed by atoms with Crippen molar-refractivity contribution >= 4 is 17.9 Å². The Morgan fingerprint density at radius 1 is 0.564 bits per heavy atom. The van der Waals surface area contributed by atoms with Crippen LogP contribution in [0.15, 0.2) is 85.1 Å². The third-order valence-corrected chi connectivity index (χ3v) is 8.85. The zero-order chi connectivity index (χ0) is 40.7. The van der Waals surface area contributed by atoms with Crippen molar-refractivity contribution in [3.63, 3.8) is 0 Å². The number of aliphatic carboxylic acids is 1. The van der Waals surface area contributed by atoms with Gasteiger partial charge in [-0.15, -0.1) is 0 Å². The van der Waals surface area contributed by atoms with Crippen molar-refractivity contribution in [2.45, 2.75) is 154 Å². The summed E-state index contributed by atoms with van der Waals surface area (Å²) in [6.07, 6.45) is 47.7. The third kappa shape index (κ3) is 35.9. The Kier molecular flexibility index (Phi) is 35.1. The van der Waals surface area contributed by atoms with Gasteiger partial charge in [-0.1, -0.05) is 137 Å². The normalized spacial score (nSPS) is 13.8. The van der Waals surface area contributed by atoms with Crippen LogP contribution < -0.4 is 0 Å². The van der Waals surface area contributed by atoms with Gasteiger partial charge in [-0.25, -0.2) is 4.79 Å². The Morgan fingerprint density at radius 2 is 1.05 bits per heavy atom. The van der Waals surface area contributed by atoms with E-state index in [0.717, 1.165) is 89.9 Å². The summed E-state index contributed by atoms with van der Waals surface area (Å²) < 4.78 is 17.2. The third-order valence-electron chi connectivity index (χ3n) is 8.85. The van der Waals surface area contributed by atoms with Crippen LogP contribution in [0.25, 0.3) is 0 Å². The molecule has 2 atom stereocenters. The molecule has 0 rings (SSSR count). The first-order valence-electron chi connectivity index (χ1n) is 21.2. The minimum atomic E-state index is -0.887. The molecule has 1 N–H and O–H groups in total. The molecule has 0 amide bonds. The number of carbonyl (C=O) groups is 3. The van der Waals surface area contributed by atoms with E-state index in [0.29, 0.717) is 12.8 Å². The van der Waals surface area contributed by atoms with Gasteiger partial charge in [-0.05, 0) is 70.6 Å². The molecule has 0 heterocycles. The molecule has 2 unspecified atom stereocenters. The molecule has 0 aromatic carbocycles. The molecule has 0 radical (unpaired) electrons. The summed E-state index contributed by atoms with van der Waals surface area (Å²) in [5.41, 5.74) is 0. The quantitative estimate of drug-likeness (QED) is 0.0223. The van der Waals surface area contributed by atoms with Gasteiger partial charge in [0.2, 0.25) is 0 Å². The second-order valence-electron chi connectivity index (χ2n) is 14.9. The van der Waals surface area contributed by atoms with Crippen molar-refractivity contribution < 1.29 is 38.2 Å². The van der Waals surface area contributed by atoms with Crippen LogP contribution in [0.3, 0.4) is 0 Å². The van der Waals surface area contributed by atoms with Gasteiger partial charge in [0.05, 0.1) is 34.4 Å². The van der Waals surface area contributed by atoms with Gasteiger partial charge >= 0.3 is 17.9 Å². The standard InChI is InChI=1S/C47H77NO7/c1-6-8-10-12-14-16-18-20-22-24-26-28-30-32-34-36-38-46(50)55-43(41-53-40-39-44(47(51)52)48(3,4)5)42-54-45(49)37-35-33-31-29-27-25-23-21-19-17-15-13-11-9-7-2/h8-11,13-17,19-20,22,26,28,43-44H,6-7,12,18,21,23-25,27,29-42H2,1-5H3/p+1/b10-8+,11-9+,15-13+,16-14+,19-17+,22-20+,28-26+. The number of carboxylic acid groups (broad SMARTS) is 1. The molecule has 8 heteroatoms. The first-order valence-corrected chi connectivity index (χ1v) is 21.2. The summed E-state index contributed by atoms with van der Waals surface area (Å²) in [5, 5.41) is 9.61. The number of nitrogens with zero attached hydrogens (tertiary/aromatic N) is 1. The summed E-state index contributed by atoms with van der Waals surface area (Å²) >= 11 is 0. The fourth-order valence-corrected chi connectivity index (χ4v) is 5.61. The predicted octanol–water partition coefficient (Wildman–Crippen LogP) is 11.4. The van der Waals surface area contributed by atoms with E-state index in [1.54, 1.807) is 0 Å². The minimum absolute atomic E-state index is 0.0388. The van der Waals surface area contributed by atoms with Gasteiger partial charge in [0.15, 0.2) is 12.1 Å². The molecule has 312 valence electrons. The van der Waals surface area contributed by atoms with Crippen molar-refractivity contribution in [2.24, 2.45) is 0 Å². The van der Waals surface area contributed by atoms with Crippen LogP contribution in [-0.4, -0.2) is 80.6 Å². The first-order chi connectivity index (χ1) is 26.6. The van der Waals surface area contributed by atoms with Crippen LogP contribution >= 0.6 is 0 Å². The Morgan fingerprint density at radius 3 is 1.64 bits per heavy atom. The summed E-state index contributed by atoms with van der Waals surface area (Å²) in [4.78, 5) is 36.9. The number of likely N-dealkylation sites (N-methyl/N-ethyl adjacent to an activating group) is 1. The highest BCUT2D eigenvalue weighted by atomic mass is 16.6. The average molecular weight is 769 g/mol. The number of carbonyl (C=O) groups excluding carboxylic acids is 2. The number of carboxylic acids is 1. The van der Waals surface area contributed by atoms with E-state index >= 15 is 0 Å². The van der Waals surface area contributed by atoms with E-state index in [1.807, 2.05) is 21.1 Å². The number of unbranched alkanes of at least 4 members (excludes halogenated alkanes) is 10. The van der Waals surface area contributed by atoms with Crippen LogP contribution in [0.1, 0.15) is 142 Å². The van der Waals surface area contributed by atoms with Crippen LogP contribution in [-0.2, 0) is 28.6 Å². The van der Waals surface area contributed by atoms with Gasteiger partial charge in [0.25, 0.3) is 0 Å². The summed E-state index contributed by atoms with van der Waals surface area (Å²) in [6.45, 7) is 4.42. The summed E-state index contributed by atoms with van der Waals surface area (Å²) in [6, 6.07) is -0.627. The molecule has 0 aliphatic carbocycles. The number of esters is 2. The molecule has 0 aliphatic heterocycles. The van der Waals surface area contributed by atoms with Crippen molar-refractivity contribution in [3.8, 4) is 0 Å². The molecule has 0 aromatic heterocycles. The maximum atomic E-state index is 12.7. The van der Waals surface area contributed by atoms with Gasteiger partial charge < -0.3 is 23.8 Å². The van der Waals surface area contributed by atoms with Crippen LogP contribution in [0.2, 0.25) is 0 Å². The maximum absolute atomic E-state index is 12.7. The molecule has 55 heavy (non-hydrogen) atoms. The van der Waals surface area contributed by atoms with E-state index in [-0.39, 0.29) is 42.7 Å². The summed E-state index contributed by atoms with van der Waals surface area (Å²) in [5.74, 6) is -1.54. The van der Waals surface area contributed by atoms with Crippen molar-refractivity contribution in [3.05, 3.63) is 85.1 Å². The number of hydrogen-bond donors (Lipinski definition) is 1. The highest BCUT2D eigenvalue weighted by molar-refractivity contribution is 5.72. The molecular weight excluding hydrogens is 691 g/mol. The Labute approximate surface area is 335 Å². The smallest absolute Gasteiger partial charge is 0.362 e. The monoisotopic (exact) mass is 769 g/mol. The molecule has 0 aromatic rings. The Balaban J connectivity index is 4.46. The minimum Gasteiger partial charge on any atom is -0.477 e. The average Bonchev–Trinajstić information content (AvgIpc) is 3.14. The molecule has 0 spiro atoms. The lowest BCUT2D eigenvalue weighted by Crippen LogP contribution is -2.50. The number of allylic oxidation sites excluding steroid dienone is 14. The first kappa shape index (κ1) is 51.5. The number of quaternary nitrogens is 1. The highest BCUT2D eigenvalue weighted by Crippen LogP contribution is 2.13. The number of ether oxygens (including phenoxy) is 3. The SMILES string of the molecule is CC/C=C/C=C/C=C/CCCCCCCCCC(=O)OCC(COCCC(C(=O)O)[N+](C)(C)C)OC(=O)CCCCC/C=C/C/C=C/C/C=C/C/C=C/CC. The van der Waals surface area contributed by atoms with Gasteiger partial charge in [-0.2, -0.15) is 0 Å².